The zero-order chi connectivity index (χ0) is 27.4. The fourth-order valence-electron chi connectivity index (χ4n) is 4.66. The highest BCUT2D eigenvalue weighted by Gasteiger charge is 2.47. The molecule has 1 amide bonds. The number of carbonyl (C=O) groups is 2. The van der Waals surface area contributed by atoms with Crippen LogP contribution in [0.4, 0.5) is 5.69 Å². The minimum atomic E-state index is -0.888. The van der Waals surface area contributed by atoms with Crippen LogP contribution < -0.4 is 19.1 Å². The molecule has 0 aliphatic carbocycles. The van der Waals surface area contributed by atoms with E-state index < -0.39 is 17.7 Å². The van der Waals surface area contributed by atoms with E-state index in [0.717, 1.165) is 5.56 Å². The van der Waals surface area contributed by atoms with Gasteiger partial charge in [0.1, 0.15) is 18.1 Å². The number of aliphatic hydroxyl groups is 1. The third-order valence-corrected chi connectivity index (χ3v) is 6.56. The van der Waals surface area contributed by atoms with Gasteiger partial charge in [-0.3, -0.25) is 14.5 Å². The van der Waals surface area contributed by atoms with Gasteiger partial charge in [0.15, 0.2) is 11.5 Å². The molecule has 0 spiro atoms. The number of benzene rings is 4. The van der Waals surface area contributed by atoms with E-state index in [-0.39, 0.29) is 11.3 Å². The summed E-state index contributed by atoms with van der Waals surface area (Å²) in [6.07, 6.45) is 0. The lowest BCUT2D eigenvalue weighted by Gasteiger charge is -2.26. The number of carbonyl (C=O) groups excluding carboxylic acids is 2. The molecule has 1 fully saturated rings. The average molecular weight is 522 g/mol. The first-order chi connectivity index (χ1) is 19.0. The van der Waals surface area contributed by atoms with Crippen molar-refractivity contribution in [1.29, 1.82) is 0 Å². The zero-order valence-corrected chi connectivity index (χ0v) is 21.5. The predicted molar refractivity (Wildman–Crippen MR) is 148 cm³/mol. The van der Waals surface area contributed by atoms with Gasteiger partial charge in [0.2, 0.25) is 0 Å². The summed E-state index contributed by atoms with van der Waals surface area (Å²) in [7, 11) is 2.99. The van der Waals surface area contributed by atoms with E-state index in [2.05, 4.69) is 0 Å². The Morgan fingerprint density at radius 3 is 2.18 bits per heavy atom. The van der Waals surface area contributed by atoms with Crippen molar-refractivity contribution in [2.75, 3.05) is 19.1 Å². The molecular formula is C32H27NO6. The summed E-state index contributed by atoms with van der Waals surface area (Å²) in [4.78, 5) is 28.3. The molecule has 39 heavy (non-hydrogen) atoms. The standard InChI is InChI=1S/C32H27NO6/c1-37-26-17-16-23(19-27(26)38-2)30(34)28-29(33(32(36)31(28)35)24-13-7-4-8-14-24)22-12-9-15-25(18-22)39-20-21-10-5-3-6-11-21/h3-19,29,34H,20H2,1-2H3/b30-28+. The summed E-state index contributed by atoms with van der Waals surface area (Å²) in [5.74, 6) is -0.407. The van der Waals surface area contributed by atoms with Gasteiger partial charge in [-0.1, -0.05) is 60.7 Å². The van der Waals surface area contributed by atoms with Gasteiger partial charge in [-0.2, -0.15) is 0 Å². The number of nitrogens with zero attached hydrogens (tertiary/aromatic N) is 1. The van der Waals surface area contributed by atoms with Gasteiger partial charge in [-0.15, -0.1) is 0 Å². The third kappa shape index (κ3) is 5.07. The number of hydrogen-bond acceptors (Lipinski definition) is 6. The number of hydrogen-bond donors (Lipinski definition) is 1. The molecule has 1 aliphatic rings. The predicted octanol–water partition coefficient (Wildman–Crippen LogP) is 5.91. The average Bonchev–Trinajstić information content (AvgIpc) is 3.26. The Kier molecular flexibility index (Phi) is 7.32. The molecule has 0 radical (unpaired) electrons. The van der Waals surface area contributed by atoms with E-state index in [4.69, 9.17) is 14.2 Å². The Balaban J connectivity index is 1.61. The van der Waals surface area contributed by atoms with Gasteiger partial charge in [0.25, 0.3) is 11.7 Å². The highest BCUT2D eigenvalue weighted by atomic mass is 16.5. The van der Waals surface area contributed by atoms with Crippen molar-refractivity contribution in [1.82, 2.24) is 0 Å². The molecule has 5 rings (SSSR count). The number of ether oxygens (including phenoxy) is 3. The molecule has 0 saturated carbocycles. The summed E-state index contributed by atoms with van der Waals surface area (Å²) < 4.78 is 16.7. The van der Waals surface area contributed by atoms with E-state index in [0.29, 0.717) is 40.7 Å². The van der Waals surface area contributed by atoms with Crippen molar-refractivity contribution >= 4 is 23.1 Å². The Morgan fingerprint density at radius 2 is 1.49 bits per heavy atom. The largest absolute Gasteiger partial charge is 0.507 e. The maximum Gasteiger partial charge on any atom is 0.300 e. The second-order valence-corrected chi connectivity index (χ2v) is 8.92. The van der Waals surface area contributed by atoms with Crippen LogP contribution in [0.2, 0.25) is 0 Å². The van der Waals surface area contributed by atoms with E-state index in [1.165, 1.54) is 19.1 Å². The minimum Gasteiger partial charge on any atom is -0.507 e. The molecule has 0 aromatic heterocycles. The third-order valence-electron chi connectivity index (χ3n) is 6.56. The summed E-state index contributed by atoms with van der Waals surface area (Å²) >= 11 is 0. The first-order valence-electron chi connectivity index (χ1n) is 12.4. The second-order valence-electron chi connectivity index (χ2n) is 8.92. The van der Waals surface area contributed by atoms with Crippen molar-refractivity contribution < 1.29 is 28.9 Å². The molecule has 4 aromatic carbocycles. The number of methoxy groups -OCH3 is 2. The van der Waals surface area contributed by atoms with E-state index in [9.17, 15) is 14.7 Å². The number of aliphatic hydroxyl groups excluding tert-OH is 1. The maximum absolute atomic E-state index is 13.5. The molecule has 4 aromatic rings. The van der Waals surface area contributed by atoms with Crippen LogP contribution in [-0.2, 0) is 16.2 Å². The second kappa shape index (κ2) is 11.1. The number of ketones is 1. The fraction of sp³-hybridized carbons (Fsp3) is 0.125. The lowest BCUT2D eigenvalue weighted by atomic mass is 9.94. The normalized spacial score (nSPS) is 16.3. The zero-order valence-electron chi connectivity index (χ0n) is 21.5. The van der Waals surface area contributed by atoms with Gasteiger partial charge in [0, 0.05) is 11.3 Å². The van der Waals surface area contributed by atoms with Gasteiger partial charge < -0.3 is 19.3 Å². The van der Waals surface area contributed by atoms with Crippen molar-refractivity contribution in [2.24, 2.45) is 0 Å². The lowest BCUT2D eigenvalue weighted by Crippen LogP contribution is -2.29. The molecule has 0 bridgehead atoms. The Hall–Kier alpha value is -5.04. The molecule has 1 N–H and O–H groups in total. The minimum absolute atomic E-state index is 0.0312. The van der Waals surface area contributed by atoms with Crippen LogP contribution in [0.25, 0.3) is 5.76 Å². The highest BCUT2D eigenvalue weighted by Crippen LogP contribution is 2.43. The summed E-state index contributed by atoms with van der Waals surface area (Å²) in [5, 5.41) is 11.5. The summed E-state index contributed by atoms with van der Waals surface area (Å²) in [5.41, 5.74) is 2.44. The molecule has 7 nitrogen and oxygen atoms in total. The van der Waals surface area contributed by atoms with Crippen molar-refractivity contribution in [3.05, 3.63) is 125 Å². The molecule has 1 atom stereocenters. The molecule has 196 valence electrons. The van der Waals surface area contributed by atoms with Crippen LogP contribution in [0.15, 0.2) is 109 Å². The van der Waals surface area contributed by atoms with Crippen molar-refractivity contribution in [3.8, 4) is 17.2 Å². The van der Waals surface area contributed by atoms with E-state index in [1.807, 2.05) is 48.5 Å². The SMILES string of the molecule is COc1ccc(/C(O)=C2\C(=O)C(=O)N(c3ccccc3)C2c2cccc(OCc3ccccc3)c2)cc1OC. The first kappa shape index (κ1) is 25.6. The van der Waals surface area contributed by atoms with Crippen LogP contribution in [-0.4, -0.2) is 31.0 Å². The molecule has 1 aliphatic heterocycles. The number of anilines is 1. The topological polar surface area (TPSA) is 85.3 Å². The first-order valence-corrected chi connectivity index (χ1v) is 12.4. The van der Waals surface area contributed by atoms with Crippen LogP contribution in [0.3, 0.4) is 0 Å². The van der Waals surface area contributed by atoms with Gasteiger partial charge >= 0.3 is 0 Å². The number of para-hydroxylation sites is 1. The van der Waals surface area contributed by atoms with Crippen LogP contribution >= 0.6 is 0 Å². The van der Waals surface area contributed by atoms with E-state index >= 15 is 0 Å². The summed E-state index contributed by atoms with van der Waals surface area (Å²) in [6.45, 7) is 0.356. The Bertz CT molecular complexity index is 1530. The Morgan fingerprint density at radius 1 is 0.795 bits per heavy atom. The molecule has 7 heteroatoms. The molecule has 1 saturated heterocycles. The molecule has 1 heterocycles. The van der Waals surface area contributed by atoms with Crippen LogP contribution in [0.1, 0.15) is 22.7 Å². The van der Waals surface area contributed by atoms with E-state index in [1.54, 1.807) is 54.6 Å². The van der Waals surface area contributed by atoms with Gasteiger partial charge in [0.05, 0.1) is 25.8 Å². The van der Waals surface area contributed by atoms with Crippen LogP contribution in [0, 0.1) is 0 Å². The van der Waals surface area contributed by atoms with Gasteiger partial charge in [-0.05, 0) is 53.6 Å². The fourth-order valence-corrected chi connectivity index (χ4v) is 4.66. The number of Topliss-reactive ketones (excluding diaryl/α,β-unsaturated/α-hetero) is 1. The quantitative estimate of drug-likeness (QED) is 0.176. The maximum atomic E-state index is 13.5. The highest BCUT2D eigenvalue weighted by molar-refractivity contribution is 6.51. The Labute approximate surface area is 226 Å². The molecule has 1 unspecified atom stereocenters. The monoisotopic (exact) mass is 521 g/mol. The smallest absolute Gasteiger partial charge is 0.300 e. The summed E-state index contributed by atoms with van der Waals surface area (Å²) in [6, 6.07) is 29.8. The van der Waals surface area contributed by atoms with Gasteiger partial charge in [-0.25, -0.2) is 0 Å². The number of rotatable bonds is 8. The molecular weight excluding hydrogens is 494 g/mol. The van der Waals surface area contributed by atoms with Crippen molar-refractivity contribution in [3.63, 3.8) is 0 Å². The van der Waals surface area contributed by atoms with Crippen molar-refractivity contribution in [2.45, 2.75) is 12.6 Å². The number of amides is 1. The lowest BCUT2D eigenvalue weighted by molar-refractivity contribution is -0.132. The van der Waals surface area contributed by atoms with Crippen LogP contribution in [0.5, 0.6) is 17.2 Å².